The lowest BCUT2D eigenvalue weighted by Gasteiger charge is -2.12. The molecule has 4 nitrogen and oxygen atoms in total. The number of nitrogens with one attached hydrogen (secondary N) is 1. The van der Waals surface area contributed by atoms with Crippen LogP contribution in [0.15, 0.2) is 12.3 Å². The van der Waals surface area contributed by atoms with E-state index in [1.165, 1.54) is 4.88 Å². The van der Waals surface area contributed by atoms with Gasteiger partial charge in [-0.1, -0.05) is 18.5 Å². The lowest BCUT2D eigenvalue weighted by molar-refractivity contribution is 0.816. The summed E-state index contributed by atoms with van der Waals surface area (Å²) in [5.41, 5.74) is 0. The molecule has 0 bridgehead atoms. The van der Waals surface area contributed by atoms with Crippen LogP contribution in [-0.2, 0) is 6.42 Å². The maximum Gasteiger partial charge on any atom is 0.134 e. The van der Waals surface area contributed by atoms with Gasteiger partial charge < -0.3 is 5.32 Å². The van der Waals surface area contributed by atoms with Crippen LogP contribution in [0.2, 0.25) is 5.15 Å². The minimum absolute atomic E-state index is 0.110. The number of nitrogens with zero attached hydrogens (tertiary/aromatic N) is 3. The Labute approximate surface area is 122 Å². The third-order valence-corrected chi connectivity index (χ3v) is 3.88. The third kappa shape index (κ3) is 3.88. The van der Waals surface area contributed by atoms with E-state index >= 15 is 0 Å². The van der Waals surface area contributed by atoms with E-state index in [1.807, 2.05) is 6.20 Å². The van der Waals surface area contributed by atoms with Crippen LogP contribution in [0.25, 0.3) is 0 Å². The highest BCUT2D eigenvalue weighted by molar-refractivity contribution is 7.11. The van der Waals surface area contributed by atoms with Gasteiger partial charge in [-0.15, -0.1) is 11.3 Å². The van der Waals surface area contributed by atoms with Gasteiger partial charge in [0.25, 0.3) is 0 Å². The lowest BCUT2D eigenvalue weighted by Crippen LogP contribution is -2.09. The van der Waals surface area contributed by atoms with Gasteiger partial charge in [0.2, 0.25) is 0 Å². The molecule has 2 rings (SSSR count). The molecule has 1 atom stereocenters. The number of hydrogen-bond donors (Lipinski definition) is 1. The average Bonchev–Trinajstić information content (AvgIpc) is 2.75. The van der Waals surface area contributed by atoms with E-state index in [0.717, 1.165) is 29.5 Å². The summed E-state index contributed by atoms with van der Waals surface area (Å²) in [6, 6.07) is 1.86. The van der Waals surface area contributed by atoms with Crippen molar-refractivity contribution in [1.29, 1.82) is 0 Å². The van der Waals surface area contributed by atoms with Gasteiger partial charge in [0.15, 0.2) is 0 Å². The number of halogens is 1. The molecule has 0 aliphatic carbocycles. The van der Waals surface area contributed by atoms with Crippen molar-refractivity contribution in [3.63, 3.8) is 0 Å². The van der Waals surface area contributed by atoms with Crippen molar-refractivity contribution in [1.82, 2.24) is 15.0 Å². The van der Waals surface area contributed by atoms with E-state index in [2.05, 4.69) is 41.0 Å². The van der Waals surface area contributed by atoms with Crippen molar-refractivity contribution >= 4 is 28.8 Å². The van der Waals surface area contributed by atoms with Crippen molar-refractivity contribution in [2.45, 2.75) is 39.7 Å². The van der Waals surface area contributed by atoms with E-state index in [4.69, 9.17) is 11.6 Å². The number of thiazole rings is 1. The van der Waals surface area contributed by atoms with Gasteiger partial charge in [0, 0.05) is 23.6 Å². The van der Waals surface area contributed by atoms with Crippen molar-refractivity contribution < 1.29 is 0 Å². The molecule has 102 valence electrons. The van der Waals surface area contributed by atoms with Crippen LogP contribution >= 0.6 is 22.9 Å². The Bertz CT molecular complexity index is 555. The summed E-state index contributed by atoms with van der Waals surface area (Å²) in [5.74, 6) is 1.53. The standard InChI is InChI=1S/C13H17ClN4S/c1-4-5-11-17-10(14)6-12(18-11)16-9(3)13-15-7-8(2)19-13/h6-7,9H,4-5H2,1-3H3,(H,16,17,18). The molecule has 19 heavy (non-hydrogen) atoms. The summed E-state index contributed by atoms with van der Waals surface area (Å²) < 4.78 is 0. The highest BCUT2D eigenvalue weighted by Crippen LogP contribution is 2.23. The molecule has 0 spiro atoms. The first-order chi connectivity index (χ1) is 9.08. The molecule has 0 saturated heterocycles. The van der Waals surface area contributed by atoms with Crippen LogP contribution < -0.4 is 5.32 Å². The first-order valence-corrected chi connectivity index (χ1v) is 7.50. The second kappa shape index (κ2) is 6.30. The normalized spacial score (nSPS) is 12.4. The summed E-state index contributed by atoms with van der Waals surface area (Å²) in [6.07, 6.45) is 3.72. The molecule has 6 heteroatoms. The third-order valence-electron chi connectivity index (χ3n) is 2.59. The van der Waals surface area contributed by atoms with E-state index in [-0.39, 0.29) is 6.04 Å². The van der Waals surface area contributed by atoms with Crippen molar-refractivity contribution in [2.24, 2.45) is 0 Å². The Morgan fingerprint density at radius 2 is 2.21 bits per heavy atom. The minimum Gasteiger partial charge on any atom is -0.361 e. The summed E-state index contributed by atoms with van der Waals surface area (Å²) in [6.45, 7) is 6.21. The molecular formula is C13H17ClN4S. The Morgan fingerprint density at radius 3 is 2.84 bits per heavy atom. The molecular weight excluding hydrogens is 280 g/mol. The van der Waals surface area contributed by atoms with E-state index in [9.17, 15) is 0 Å². The van der Waals surface area contributed by atoms with Crippen molar-refractivity contribution in [2.75, 3.05) is 5.32 Å². The van der Waals surface area contributed by atoms with Crippen molar-refractivity contribution in [3.05, 3.63) is 33.1 Å². The second-order valence-electron chi connectivity index (χ2n) is 4.42. The second-order valence-corrected chi connectivity index (χ2v) is 6.07. The number of rotatable bonds is 5. The number of hydrogen-bond acceptors (Lipinski definition) is 5. The Kier molecular flexibility index (Phi) is 4.71. The van der Waals surface area contributed by atoms with Gasteiger partial charge >= 0.3 is 0 Å². The summed E-state index contributed by atoms with van der Waals surface area (Å²) in [7, 11) is 0. The van der Waals surface area contributed by atoms with E-state index in [1.54, 1.807) is 17.4 Å². The van der Waals surface area contributed by atoms with Crippen LogP contribution in [0.4, 0.5) is 5.82 Å². The fourth-order valence-corrected chi connectivity index (χ4v) is 2.71. The first-order valence-electron chi connectivity index (χ1n) is 6.30. The van der Waals surface area contributed by atoms with Crippen LogP contribution in [-0.4, -0.2) is 15.0 Å². The molecule has 0 amide bonds. The number of aromatic nitrogens is 3. The fraction of sp³-hybridized carbons (Fsp3) is 0.462. The number of aryl methyl sites for hydroxylation is 2. The number of anilines is 1. The van der Waals surface area contributed by atoms with Gasteiger partial charge in [0.1, 0.15) is 21.8 Å². The maximum atomic E-state index is 6.02. The molecule has 0 aliphatic rings. The molecule has 0 radical (unpaired) electrons. The predicted molar refractivity (Wildman–Crippen MR) is 79.9 cm³/mol. The summed E-state index contributed by atoms with van der Waals surface area (Å²) in [4.78, 5) is 14.3. The first kappa shape index (κ1) is 14.2. The Morgan fingerprint density at radius 1 is 1.42 bits per heavy atom. The Balaban J connectivity index is 2.14. The lowest BCUT2D eigenvalue weighted by atomic mass is 10.3. The van der Waals surface area contributed by atoms with Crippen LogP contribution in [0.5, 0.6) is 0 Å². The molecule has 0 fully saturated rings. The van der Waals surface area contributed by atoms with Crippen molar-refractivity contribution in [3.8, 4) is 0 Å². The molecule has 2 aromatic heterocycles. The zero-order valence-corrected chi connectivity index (χ0v) is 12.8. The molecule has 2 aromatic rings. The topological polar surface area (TPSA) is 50.7 Å². The monoisotopic (exact) mass is 296 g/mol. The summed E-state index contributed by atoms with van der Waals surface area (Å²) in [5, 5.41) is 4.84. The van der Waals surface area contributed by atoms with Crippen LogP contribution in [0.3, 0.4) is 0 Å². The minimum atomic E-state index is 0.110. The predicted octanol–water partition coefficient (Wildman–Crippen LogP) is 4.02. The Hall–Kier alpha value is -1.20. The van der Waals surface area contributed by atoms with Gasteiger partial charge in [-0.3, -0.25) is 0 Å². The molecule has 0 aliphatic heterocycles. The molecule has 1 unspecified atom stereocenters. The van der Waals surface area contributed by atoms with Crippen LogP contribution in [0, 0.1) is 6.92 Å². The maximum absolute atomic E-state index is 6.02. The zero-order valence-electron chi connectivity index (χ0n) is 11.3. The average molecular weight is 297 g/mol. The zero-order chi connectivity index (χ0) is 13.8. The largest absolute Gasteiger partial charge is 0.361 e. The molecule has 1 N–H and O–H groups in total. The van der Waals surface area contributed by atoms with E-state index in [0.29, 0.717) is 5.15 Å². The highest BCUT2D eigenvalue weighted by Gasteiger charge is 2.11. The quantitative estimate of drug-likeness (QED) is 0.847. The van der Waals surface area contributed by atoms with E-state index < -0.39 is 0 Å². The van der Waals surface area contributed by atoms with Gasteiger partial charge in [-0.05, 0) is 20.3 Å². The van der Waals surface area contributed by atoms with Crippen LogP contribution in [0.1, 0.15) is 42.0 Å². The highest BCUT2D eigenvalue weighted by atomic mass is 35.5. The molecule has 0 saturated carbocycles. The van der Waals surface area contributed by atoms with Gasteiger partial charge in [-0.2, -0.15) is 0 Å². The molecule has 2 heterocycles. The fourth-order valence-electron chi connectivity index (χ4n) is 1.73. The molecule has 0 aromatic carbocycles. The van der Waals surface area contributed by atoms with Gasteiger partial charge in [-0.25, -0.2) is 15.0 Å². The SMILES string of the molecule is CCCc1nc(Cl)cc(NC(C)c2ncc(C)s2)n1. The van der Waals surface area contributed by atoms with Gasteiger partial charge in [0.05, 0.1) is 6.04 Å². The smallest absolute Gasteiger partial charge is 0.134 e. The summed E-state index contributed by atoms with van der Waals surface area (Å²) >= 11 is 7.70.